The predicted octanol–water partition coefficient (Wildman–Crippen LogP) is 4.07. The summed E-state index contributed by atoms with van der Waals surface area (Å²) in [6, 6.07) is 17.4. The average molecular weight is 408 g/mol. The maximum absolute atomic E-state index is 13.0. The molecule has 2 aromatic rings. The molecule has 1 unspecified atom stereocenters. The molecular formula is C24H29N3O3. The number of nitrogens with one attached hydrogen (secondary N) is 1. The third-order valence-electron chi connectivity index (χ3n) is 5.19. The lowest BCUT2D eigenvalue weighted by molar-refractivity contribution is -0.135. The van der Waals surface area contributed by atoms with Crippen LogP contribution in [-0.4, -0.2) is 36.2 Å². The fourth-order valence-electron chi connectivity index (χ4n) is 3.46. The third kappa shape index (κ3) is 5.47. The SMILES string of the molecule is CCCCNC(=O)CCC(=O)N1N=C(c2ccccc2)CC1c1ccc(OC)cc1. The van der Waals surface area contributed by atoms with Gasteiger partial charge in [-0.2, -0.15) is 5.10 Å². The Morgan fingerprint density at radius 2 is 1.83 bits per heavy atom. The van der Waals surface area contributed by atoms with Crippen LogP contribution < -0.4 is 10.1 Å². The smallest absolute Gasteiger partial charge is 0.243 e. The molecule has 1 aliphatic heterocycles. The minimum Gasteiger partial charge on any atom is -0.497 e. The Hall–Kier alpha value is -3.15. The molecule has 1 heterocycles. The van der Waals surface area contributed by atoms with Crippen LogP contribution in [0.1, 0.15) is 56.2 Å². The molecule has 0 aliphatic carbocycles. The molecule has 2 amide bonds. The van der Waals surface area contributed by atoms with Gasteiger partial charge < -0.3 is 10.1 Å². The number of amides is 2. The molecule has 0 spiro atoms. The van der Waals surface area contributed by atoms with E-state index in [2.05, 4.69) is 17.3 Å². The van der Waals surface area contributed by atoms with E-state index in [1.54, 1.807) is 12.1 Å². The number of ether oxygens (including phenoxy) is 1. The first-order chi connectivity index (χ1) is 14.6. The van der Waals surface area contributed by atoms with E-state index in [0.29, 0.717) is 13.0 Å². The number of hydrazone groups is 1. The van der Waals surface area contributed by atoms with Crippen LogP contribution in [0.2, 0.25) is 0 Å². The molecule has 6 heteroatoms. The summed E-state index contributed by atoms with van der Waals surface area (Å²) < 4.78 is 5.25. The van der Waals surface area contributed by atoms with Crippen molar-refractivity contribution in [1.29, 1.82) is 0 Å². The minimum atomic E-state index is -0.193. The summed E-state index contributed by atoms with van der Waals surface area (Å²) in [4.78, 5) is 25.0. The van der Waals surface area contributed by atoms with E-state index in [-0.39, 0.29) is 30.7 Å². The Kier molecular flexibility index (Phi) is 7.60. The lowest BCUT2D eigenvalue weighted by atomic mass is 9.98. The third-order valence-corrected chi connectivity index (χ3v) is 5.19. The number of nitrogens with zero attached hydrogens (tertiary/aromatic N) is 2. The topological polar surface area (TPSA) is 71.0 Å². The number of carbonyl (C=O) groups excluding carboxylic acids is 2. The molecule has 1 atom stereocenters. The second-order valence-corrected chi connectivity index (χ2v) is 7.35. The predicted molar refractivity (Wildman–Crippen MR) is 117 cm³/mol. The molecule has 0 saturated heterocycles. The molecule has 0 fully saturated rings. The maximum atomic E-state index is 13.0. The van der Waals surface area contributed by atoms with Gasteiger partial charge in [0.25, 0.3) is 0 Å². The van der Waals surface area contributed by atoms with Crippen molar-refractivity contribution in [1.82, 2.24) is 10.3 Å². The first kappa shape index (κ1) is 21.6. The van der Waals surface area contributed by atoms with Gasteiger partial charge in [-0.15, -0.1) is 0 Å². The van der Waals surface area contributed by atoms with Crippen LogP contribution in [0.5, 0.6) is 5.75 Å². The summed E-state index contributed by atoms with van der Waals surface area (Å²) in [5.74, 6) is 0.527. The summed E-state index contributed by atoms with van der Waals surface area (Å²) in [6.07, 6.45) is 2.90. The van der Waals surface area contributed by atoms with Gasteiger partial charge >= 0.3 is 0 Å². The Morgan fingerprint density at radius 1 is 1.10 bits per heavy atom. The molecule has 0 aromatic heterocycles. The van der Waals surface area contributed by atoms with Crippen molar-refractivity contribution in [2.24, 2.45) is 5.10 Å². The van der Waals surface area contributed by atoms with E-state index in [4.69, 9.17) is 4.74 Å². The van der Waals surface area contributed by atoms with Crippen molar-refractivity contribution in [2.45, 2.75) is 45.1 Å². The highest BCUT2D eigenvalue weighted by Crippen LogP contribution is 2.34. The standard InChI is InChI=1S/C24H29N3O3/c1-3-4-16-25-23(28)14-15-24(29)27-22(19-10-12-20(30-2)13-11-19)17-21(26-27)18-8-6-5-7-9-18/h5-13,22H,3-4,14-17H2,1-2H3,(H,25,28). The fraction of sp³-hybridized carbons (Fsp3) is 0.375. The van der Waals surface area contributed by atoms with Gasteiger partial charge in [0, 0.05) is 25.8 Å². The zero-order valence-electron chi connectivity index (χ0n) is 17.6. The fourth-order valence-corrected chi connectivity index (χ4v) is 3.46. The van der Waals surface area contributed by atoms with Gasteiger partial charge in [0.05, 0.1) is 18.9 Å². The summed E-state index contributed by atoms with van der Waals surface area (Å²) in [5.41, 5.74) is 2.87. The van der Waals surface area contributed by atoms with E-state index in [9.17, 15) is 9.59 Å². The number of hydrogen-bond acceptors (Lipinski definition) is 4. The number of unbranched alkanes of at least 4 members (excludes halogenated alkanes) is 1. The van der Waals surface area contributed by atoms with Gasteiger partial charge in [0.15, 0.2) is 0 Å². The minimum absolute atomic E-state index is 0.0933. The number of rotatable bonds is 9. The van der Waals surface area contributed by atoms with Crippen LogP contribution in [0.15, 0.2) is 59.7 Å². The molecule has 6 nitrogen and oxygen atoms in total. The maximum Gasteiger partial charge on any atom is 0.243 e. The van der Waals surface area contributed by atoms with Gasteiger partial charge in [-0.3, -0.25) is 9.59 Å². The van der Waals surface area contributed by atoms with Gasteiger partial charge in [-0.05, 0) is 29.7 Å². The molecular weight excluding hydrogens is 378 g/mol. The van der Waals surface area contributed by atoms with Crippen LogP contribution in [0.4, 0.5) is 0 Å². The van der Waals surface area contributed by atoms with Crippen molar-refractivity contribution in [3.8, 4) is 5.75 Å². The molecule has 1 N–H and O–H groups in total. The summed E-state index contributed by atoms with van der Waals surface area (Å²) in [6.45, 7) is 2.72. The van der Waals surface area contributed by atoms with Crippen molar-refractivity contribution >= 4 is 17.5 Å². The Labute approximate surface area is 177 Å². The van der Waals surface area contributed by atoms with Crippen LogP contribution in [-0.2, 0) is 9.59 Å². The summed E-state index contributed by atoms with van der Waals surface area (Å²) in [7, 11) is 1.63. The number of hydrogen-bond donors (Lipinski definition) is 1. The number of benzene rings is 2. The largest absolute Gasteiger partial charge is 0.497 e. The van der Waals surface area contributed by atoms with Crippen molar-refractivity contribution in [3.63, 3.8) is 0 Å². The molecule has 30 heavy (non-hydrogen) atoms. The molecule has 2 aromatic carbocycles. The highest BCUT2D eigenvalue weighted by Gasteiger charge is 2.33. The quantitative estimate of drug-likeness (QED) is 0.637. The lowest BCUT2D eigenvalue weighted by Crippen LogP contribution is -2.30. The lowest BCUT2D eigenvalue weighted by Gasteiger charge is -2.22. The van der Waals surface area contributed by atoms with Crippen molar-refractivity contribution < 1.29 is 14.3 Å². The highest BCUT2D eigenvalue weighted by atomic mass is 16.5. The van der Waals surface area contributed by atoms with Crippen molar-refractivity contribution in [3.05, 3.63) is 65.7 Å². The average Bonchev–Trinajstić information content (AvgIpc) is 3.24. The van der Waals surface area contributed by atoms with Crippen LogP contribution >= 0.6 is 0 Å². The highest BCUT2D eigenvalue weighted by molar-refractivity contribution is 6.03. The van der Waals surface area contributed by atoms with E-state index in [1.165, 1.54) is 0 Å². The number of carbonyl (C=O) groups is 2. The van der Waals surface area contributed by atoms with E-state index in [1.807, 2.05) is 54.6 Å². The van der Waals surface area contributed by atoms with Gasteiger partial charge in [-0.1, -0.05) is 55.8 Å². The Morgan fingerprint density at radius 3 is 2.50 bits per heavy atom. The van der Waals surface area contributed by atoms with E-state index < -0.39 is 0 Å². The summed E-state index contributed by atoms with van der Waals surface area (Å²) in [5, 5.41) is 9.05. The molecule has 0 radical (unpaired) electrons. The second-order valence-electron chi connectivity index (χ2n) is 7.35. The molecule has 0 saturated carbocycles. The molecule has 158 valence electrons. The monoisotopic (exact) mass is 407 g/mol. The van der Waals surface area contributed by atoms with Crippen LogP contribution in [0.25, 0.3) is 0 Å². The van der Waals surface area contributed by atoms with E-state index in [0.717, 1.165) is 35.4 Å². The van der Waals surface area contributed by atoms with E-state index >= 15 is 0 Å². The normalized spacial score (nSPS) is 15.6. The first-order valence-corrected chi connectivity index (χ1v) is 10.5. The second kappa shape index (κ2) is 10.6. The van der Waals surface area contributed by atoms with Crippen molar-refractivity contribution in [2.75, 3.05) is 13.7 Å². The van der Waals surface area contributed by atoms with Crippen LogP contribution in [0.3, 0.4) is 0 Å². The first-order valence-electron chi connectivity index (χ1n) is 10.5. The zero-order chi connectivity index (χ0) is 21.3. The van der Waals surface area contributed by atoms with Gasteiger partial charge in [-0.25, -0.2) is 5.01 Å². The van der Waals surface area contributed by atoms with Gasteiger partial charge in [0.2, 0.25) is 11.8 Å². The van der Waals surface area contributed by atoms with Gasteiger partial charge in [0.1, 0.15) is 5.75 Å². The molecule has 1 aliphatic rings. The number of methoxy groups -OCH3 is 1. The molecule has 3 rings (SSSR count). The molecule has 0 bridgehead atoms. The van der Waals surface area contributed by atoms with Crippen LogP contribution in [0, 0.1) is 0 Å². The Bertz CT molecular complexity index is 878. The zero-order valence-corrected chi connectivity index (χ0v) is 17.6. The summed E-state index contributed by atoms with van der Waals surface area (Å²) >= 11 is 0. The Balaban J connectivity index is 1.74.